The van der Waals surface area contributed by atoms with Crippen LogP contribution in [-0.2, 0) is 11.3 Å². The van der Waals surface area contributed by atoms with Crippen molar-refractivity contribution in [3.8, 4) is 5.75 Å². The van der Waals surface area contributed by atoms with Crippen molar-refractivity contribution < 1.29 is 9.47 Å². The van der Waals surface area contributed by atoms with E-state index in [0.717, 1.165) is 31.5 Å². The maximum absolute atomic E-state index is 5.66. The summed E-state index contributed by atoms with van der Waals surface area (Å²) in [6.45, 7) is 7.03. The summed E-state index contributed by atoms with van der Waals surface area (Å²) >= 11 is 0. The zero-order chi connectivity index (χ0) is 13.7. The van der Waals surface area contributed by atoms with Crippen LogP contribution >= 0.6 is 0 Å². The summed E-state index contributed by atoms with van der Waals surface area (Å²) in [7, 11) is 1.70. The van der Waals surface area contributed by atoms with Crippen LogP contribution < -0.4 is 4.74 Å². The largest absolute Gasteiger partial charge is 0.497 e. The Bertz CT molecular complexity index is 371. The molecule has 0 atom stereocenters. The van der Waals surface area contributed by atoms with E-state index in [4.69, 9.17) is 9.47 Å². The topological polar surface area (TPSA) is 21.7 Å². The molecule has 0 bridgehead atoms. The van der Waals surface area contributed by atoms with Gasteiger partial charge in [0.05, 0.1) is 19.8 Å². The maximum Gasteiger partial charge on any atom is 0.118 e. The van der Waals surface area contributed by atoms with Gasteiger partial charge in [0.2, 0.25) is 0 Å². The summed E-state index contributed by atoms with van der Waals surface area (Å²) in [6, 6.07) is 9.13. The molecule has 0 saturated heterocycles. The first-order valence-corrected chi connectivity index (χ1v) is 7.17. The summed E-state index contributed by atoms with van der Waals surface area (Å²) in [4.78, 5) is 2.53. The van der Waals surface area contributed by atoms with Crippen molar-refractivity contribution in [1.29, 1.82) is 0 Å². The van der Waals surface area contributed by atoms with Gasteiger partial charge in [-0.15, -0.1) is 0 Å². The predicted molar refractivity (Wildman–Crippen MR) is 77.5 cm³/mol. The Kier molecular flexibility index (Phi) is 5.23. The fourth-order valence-corrected chi connectivity index (χ4v) is 2.20. The lowest BCUT2D eigenvalue weighted by atomic mass is 10.2. The van der Waals surface area contributed by atoms with Crippen LogP contribution in [-0.4, -0.2) is 37.3 Å². The Hall–Kier alpha value is -1.06. The minimum Gasteiger partial charge on any atom is -0.497 e. The first kappa shape index (κ1) is 14.4. The SMILES string of the molecule is COc1ccc(CN(CCOC(C)C)C2CC2)cc1. The van der Waals surface area contributed by atoms with Crippen LogP contribution in [0.5, 0.6) is 5.75 Å². The van der Waals surface area contributed by atoms with Crippen molar-refractivity contribution in [2.24, 2.45) is 0 Å². The number of ether oxygens (including phenoxy) is 2. The minimum absolute atomic E-state index is 0.321. The van der Waals surface area contributed by atoms with E-state index in [1.54, 1.807) is 7.11 Å². The highest BCUT2D eigenvalue weighted by atomic mass is 16.5. The summed E-state index contributed by atoms with van der Waals surface area (Å²) in [5.41, 5.74) is 1.34. The fourth-order valence-electron chi connectivity index (χ4n) is 2.20. The third kappa shape index (κ3) is 4.84. The molecule has 0 radical (unpaired) electrons. The van der Waals surface area contributed by atoms with Gasteiger partial charge in [-0.05, 0) is 44.4 Å². The third-order valence-corrected chi connectivity index (χ3v) is 3.44. The predicted octanol–water partition coefficient (Wildman–Crippen LogP) is 3.08. The van der Waals surface area contributed by atoms with Crippen molar-refractivity contribution >= 4 is 0 Å². The lowest BCUT2D eigenvalue weighted by Gasteiger charge is -2.22. The van der Waals surface area contributed by atoms with Gasteiger partial charge in [0, 0.05) is 19.1 Å². The maximum atomic E-state index is 5.66. The van der Waals surface area contributed by atoms with Gasteiger partial charge in [-0.3, -0.25) is 4.90 Å². The number of methoxy groups -OCH3 is 1. The zero-order valence-corrected chi connectivity index (χ0v) is 12.3. The molecule has 2 rings (SSSR count). The van der Waals surface area contributed by atoms with Crippen LogP contribution in [0.15, 0.2) is 24.3 Å². The zero-order valence-electron chi connectivity index (χ0n) is 12.3. The third-order valence-electron chi connectivity index (χ3n) is 3.44. The molecule has 1 aromatic rings. The molecule has 19 heavy (non-hydrogen) atoms. The smallest absolute Gasteiger partial charge is 0.118 e. The lowest BCUT2D eigenvalue weighted by Crippen LogP contribution is -2.30. The monoisotopic (exact) mass is 263 g/mol. The molecule has 0 spiro atoms. The van der Waals surface area contributed by atoms with Crippen molar-refractivity contribution in [3.05, 3.63) is 29.8 Å². The van der Waals surface area contributed by atoms with Gasteiger partial charge in [-0.2, -0.15) is 0 Å². The standard InChI is InChI=1S/C16H25NO2/c1-13(2)19-11-10-17(15-6-7-15)12-14-4-8-16(18-3)9-5-14/h4-5,8-9,13,15H,6-7,10-12H2,1-3H3. The van der Waals surface area contributed by atoms with Gasteiger partial charge < -0.3 is 9.47 Å². The van der Waals surface area contributed by atoms with E-state index in [1.807, 2.05) is 12.1 Å². The molecule has 1 aliphatic rings. The van der Waals surface area contributed by atoms with E-state index in [-0.39, 0.29) is 0 Å². The molecule has 0 aromatic heterocycles. The van der Waals surface area contributed by atoms with E-state index >= 15 is 0 Å². The normalized spacial score (nSPS) is 15.2. The van der Waals surface area contributed by atoms with E-state index < -0.39 is 0 Å². The molecule has 1 aromatic carbocycles. The molecule has 3 heteroatoms. The van der Waals surface area contributed by atoms with Gasteiger partial charge in [-0.1, -0.05) is 12.1 Å². The number of benzene rings is 1. The molecule has 1 saturated carbocycles. The second-order valence-electron chi connectivity index (χ2n) is 5.47. The Labute approximate surface area is 116 Å². The molecule has 0 amide bonds. The molecule has 3 nitrogen and oxygen atoms in total. The highest BCUT2D eigenvalue weighted by molar-refractivity contribution is 5.27. The minimum atomic E-state index is 0.321. The second-order valence-corrected chi connectivity index (χ2v) is 5.47. The van der Waals surface area contributed by atoms with Gasteiger partial charge in [0.15, 0.2) is 0 Å². The van der Waals surface area contributed by atoms with E-state index in [2.05, 4.69) is 30.9 Å². The van der Waals surface area contributed by atoms with Crippen molar-refractivity contribution in [1.82, 2.24) is 4.90 Å². The first-order valence-electron chi connectivity index (χ1n) is 7.17. The van der Waals surface area contributed by atoms with Crippen molar-refractivity contribution in [2.45, 2.75) is 45.4 Å². The molecule has 0 heterocycles. The van der Waals surface area contributed by atoms with Crippen LogP contribution in [0.1, 0.15) is 32.3 Å². The van der Waals surface area contributed by atoms with Crippen LogP contribution in [0.2, 0.25) is 0 Å². The van der Waals surface area contributed by atoms with Crippen LogP contribution in [0.3, 0.4) is 0 Å². The first-order chi connectivity index (χ1) is 9.19. The van der Waals surface area contributed by atoms with E-state index in [9.17, 15) is 0 Å². The summed E-state index contributed by atoms with van der Waals surface area (Å²) in [5, 5.41) is 0. The molecule has 1 aliphatic carbocycles. The molecule has 0 unspecified atom stereocenters. The van der Waals surface area contributed by atoms with Crippen LogP contribution in [0.4, 0.5) is 0 Å². The lowest BCUT2D eigenvalue weighted by molar-refractivity contribution is 0.0555. The van der Waals surface area contributed by atoms with E-state index in [0.29, 0.717) is 6.10 Å². The molecule has 1 fully saturated rings. The summed E-state index contributed by atoms with van der Waals surface area (Å²) < 4.78 is 10.9. The Morgan fingerprint density at radius 2 is 1.89 bits per heavy atom. The summed E-state index contributed by atoms with van der Waals surface area (Å²) in [5.74, 6) is 0.921. The summed E-state index contributed by atoms with van der Waals surface area (Å²) in [6.07, 6.45) is 2.98. The van der Waals surface area contributed by atoms with Gasteiger partial charge in [0.25, 0.3) is 0 Å². The average molecular weight is 263 g/mol. The van der Waals surface area contributed by atoms with Crippen molar-refractivity contribution in [2.75, 3.05) is 20.3 Å². The van der Waals surface area contributed by atoms with Gasteiger partial charge >= 0.3 is 0 Å². The Morgan fingerprint density at radius 1 is 1.21 bits per heavy atom. The molecule has 0 aliphatic heterocycles. The van der Waals surface area contributed by atoms with Gasteiger partial charge in [-0.25, -0.2) is 0 Å². The van der Waals surface area contributed by atoms with Crippen molar-refractivity contribution in [3.63, 3.8) is 0 Å². The number of hydrogen-bond donors (Lipinski definition) is 0. The van der Waals surface area contributed by atoms with Crippen LogP contribution in [0, 0.1) is 0 Å². The van der Waals surface area contributed by atoms with Crippen LogP contribution in [0.25, 0.3) is 0 Å². The number of hydrogen-bond acceptors (Lipinski definition) is 3. The Balaban J connectivity index is 1.85. The fraction of sp³-hybridized carbons (Fsp3) is 0.625. The van der Waals surface area contributed by atoms with Gasteiger partial charge in [0.1, 0.15) is 5.75 Å². The average Bonchev–Trinajstić information content (AvgIpc) is 3.22. The van der Waals surface area contributed by atoms with E-state index in [1.165, 1.54) is 18.4 Å². The second kappa shape index (κ2) is 6.92. The quantitative estimate of drug-likeness (QED) is 0.719. The molecular formula is C16H25NO2. The molecule has 0 N–H and O–H groups in total. The number of nitrogens with zero attached hydrogens (tertiary/aromatic N) is 1. The number of rotatable bonds is 8. The molecule has 106 valence electrons. The Morgan fingerprint density at radius 3 is 2.42 bits per heavy atom. The molecular weight excluding hydrogens is 238 g/mol. The highest BCUT2D eigenvalue weighted by Gasteiger charge is 2.28. The highest BCUT2D eigenvalue weighted by Crippen LogP contribution is 2.28.